The zero-order valence-electron chi connectivity index (χ0n) is 21.2. The zero-order valence-corrected chi connectivity index (χ0v) is 24.3. The van der Waals surface area contributed by atoms with E-state index in [0.717, 1.165) is 29.1 Å². The Morgan fingerprint density at radius 3 is 2.58 bits per heavy atom. The summed E-state index contributed by atoms with van der Waals surface area (Å²) in [6.45, 7) is 12.2. The number of halogens is 3. The second-order valence-electron chi connectivity index (χ2n) is 9.74. The summed E-state index contributed by atoms with van der Waals surface area (Å²) in [6.07, 6.45) is -0.401. The van der Waals surface area contributed by atoms with Crippen molar-refractivity contribution in [1.82, 2.24) is 15.5 Å². The fourth-order valence-corrected chi connectivity index (χ4v) is 4.42. The number of alkyl carbamates (subject to hydrolysis) is 1. The van der Waals surface area contributed by atoms with Crippen LogP contribution in [0, 0.1) is 5.92 Å². The molecule has 0 bridgehead atoms. The largest absolute Gasteiger partial charge is 0.457 e. The highest BCUT2D eigenvalue weighted by Gasteiger charge is 2.33. The molecule has 0 radical (unpaired) electrons. The molecule has 2 aromatic rings. The molecule has 10 heteroatoms. The van der Waals surface area contributed by atoms with Gasteiger partial charge in [-0.3, -0.25) is 0 Å². The lowest BCUT2D eigenvalue weighted by Crippen LogP contribution is -2.44. The van der Waals surface area contributed by atoms with E-state index in [-0.39, 0.29) is 12.0 Å². The molecule has 0 saturated carbocycles. The number of likely N-dealkylation sites (tertiary alicyclic amines) is 1. The molecule has 0 aromatic heterocycles. The molecule has 1 amide bonds. The van der Waals surface area contributed by atoms with Gasteiger partial charge in [0.1, 0.15) is 17.1 Å². The third-order valence-electron chi connectivity index (χ3n) is 5.50. The van der Waals surface area contributed by atoms with Gasteiger partial charge in [-0.25, -0.2) is 9.79 Å². The Kier molecular flexibility index (Phi) is 9.78. The fraction of sp³-hybridized carbons (Fsp3) is 0.462. The lowest BCUT2D eigenvalue weighted by Gasteiger charge is -2.24. The maximum atomic E-state index is 12.3. The Morgan fingerprint density at radius 2 is 1.92 bits per heavy atom. The summed E-state index contributed by atoms with van der Waals surface area (Å²) in [6, 6.07) is 11.0. The van der Waals surface area contributed by atoms with Crippen LogP contribution >= 0.6 is 39.1 Å². The van der Waals surface area contributed by atoms with Crippen LogP contribution in [0.3, 0.4) is 0 Å². The molecular weight excluding hydrogens is 567 g/mol. The minimum Gasteiger partial charge on any atom is -0.457 e. The van der Waals surface area contributed by atoms with Gasteiger partial charge in [0.2, 0.25) is 0 Å². The molecule has 36 heavy (non-hydrogen) atoms. The molecule has 1 saturated heterocycles. The molecule has 2 N–H and O–H groups in total. The van der Waals surface area contributed by atoms with Gasteiger partial charge in [0.05, 0.1) is 22.6 Å². The third-order valence-corrected chi connectivity index (χ3v) is 6.73. The van der Waals surface area contributed by atoms with Crippen LogP contribution in [0.15, 0.2) is 45.9 Å². The van der Waals surface area contributed by atoms with Gasteiger partial charge in [0.15, 0.2) is 5.96 Å². The van der Waals surface area contributed by atoms with E-state index in [4.69, 9.17) is 37.7 Å². The van der Waals surface area contributed by atoms with Crippen molar-refractivity contribution in [3.8, 4) is 11.5 Å². The number of hydrogen-bond donors (Lipinski definition) is 2. The Bertz CT molecular complexity index is 1110. The summed E-state index contributed by atoms with van der Waals surface area (Å²) in [4.78, 5) is 19.3. The first-order valence-corrected chi connectivity index (χ1v) is 13.4. The fourth-order valence-electron chi connectivity index (χ4n) is 3.79. The number of carbonyl (C=O) groups is 1. The van der Waals surface area contributed by atoms with Gasteiger partial charge < -0.3 is 25.0 Å². The minimum atomic E-state index is -0.538. The highest BCUT2D eigenvalue weighted by Crippen LogP contribution is 2.33. The Hall–Kier alpha value is -2.16. The smallest absolute Gasteiger partial charge is 0.407 e. The number of aliphatic imine (C=N–C) groups is 1. The summed E-state index contributed by atoms with van der Waals surface area (Å²) >= 11 is 15.7. The number of benzene rings is 2. The molecule has 0 spiro atoms. The highest BCUT2D eigenvalue weighted by atomic mass is 79.9. The molecular formula is C26H33BrCl2N4O3. The van der Waals surface area contributed by atoms with Crippen LogP contribution in [0.5, 0.6) is 11.5 Å². The van der Waals surface area contributed by atoms with E-state index in [9.17, 15) is 4.79 Å². The molecule has 2 unspecified atom stereocenters. The lowest BCUT2D eigenvalue weighted by molar-refractivity contribution is 0.0498. The molecule has 7 nitrogen and oxygen atoms in total. The first-order valence-electron chi connectivity index (χ1n) is 11.9. The van der Waals surface area contributed by atoms with Crippen molar-refractivity contribution >= 4 is 51.2 Å². The monoisotopic (exact) mass is 598 g/mol. The molecule has 0 aliphatic carbocycles. The molecule has 3 rings (SSSR count). The molecule has 2 aromatic carbocycles. The van der Waals surface area contributed by atoms with Crippen LogP contribution in [0.2, 0.25) is 10.0 Å². The van der Waals surface area contributed by atoms with Gasteiger partial charge in [-0.2, -0.15) is 0 Å². The van der Waals surface area contributed by atoms with Gasteiger partial charge in [-0.05, 0) is 57.9 Å². The minimum absolute atomic E-state index is 0.0371. The molecule has 1 aliphatic rings. The van der Waals surface area contributed by atoms with Gasteiger partial charge in [-0.15, -0.1) is 0 Å². The number of guanidine groups is 1. The van der Waals surface area contributed by atoms with E-state index < -0.39 is 11.7 Å². The number of nitrogens with zero attached hydrogens (tertiary/aromatic N) is 2. The van der Waals surface area contributed by atoms with Crippen molar-refractivity contribution in [2.45, 2.75) is 52.8 Å². The Labute approximate surface area is 231 Å². The quantitative estimate of drug-likeness (QED) is 0.280. The predicted octanol–water partition coefficient (Wildman–Crippen LogP) is 6.86. The second kappa shape index (κ2) is 12.4. The third kappa shape index (κ3) is 8.18. The van der Waals surface area contributed by atoms with Crippen LogP contribution < -0.4 is 15.4 Å². The number of amides is 1. The predicted molar refractivity (Wildman–Crippen MR) is 149 cm³/mol. The van der Waals surface area contributed by atoms with Crippen molar-refractivity contribution < 1.29 is 14.3 Å². The summed E-state index contributed by atoms with van der Waals surface area (Å²) in [7, 11) is 0. The number of rotatable bonds is 6. The van der Waals surface area contributed by atoms with Gasteiger partial charge >= 0.3 is 6.09 Å². The van der Waals surface area contributed by atoms with Crippen molar-refractivity contribution in [2.75, 3.05) is 19.6 Å². The van der Waals surface area contributed by atoms with E-state index in [1.807, 2.05) is 45.9 Å². The summed E-state index contributed by atoms with van der Waals surface area (Å²) in [5.74, 6) is 2.27. The Morgan fingerprint density at radius 1 is 1.17 bits per heavy atom. The SMILES string of the molecule is CCNC(=NCc1ccc(Br)cc1Oc1ccc(Cl)c(Cl)c1)N1CC(C)C(NC(=O)OC(C)(C)C)C1. The maximum Gasteiger partial charge on any atom is 0.407 e. The molecule has 1 heterocycles. The number of nitrogens with one attached hydrogen (secondary N) is 2. The average molecular weight is 600 g/mol. The highest BCUT2D eigenvalue weighted by molar-refractivity contribution is 9.10. The number of carbonyl (C=O) groups excluding carboxylic acids is 1. The summed E-state index contributed by atoms with van der Waals surface area (Å²) in [5.41, 5.74) is 0.374. The first kappa shape index (κ1) is 28.4. The standard InChI is InChI=1S/C26H33BrCl2N4O3/c1-6-30-24(33-14-16(2)22(15-33)32-25(34)36-26(3,4)5)31-13-17-7-8-18(27)11-23(17)35-19-9-10-20(28)21(29)12-19/h7-12,16,22H,6,13-15H2,1-5H3,(H,30,31)(H,32,34). The van der Waals surface area contributed by atoms with Crippen LogP contribution in [-0.4, -0.2) is 48.2 Å². The van der Waals surface area contributed by atoms with E-state index >= 15 is 0 Å². The second-order valence-corrected chi connectivity index (χ2v) is 11.5. The topological polar surface area (TPSA) is 75.2 Å². The number of ether oxygens (including phenoxy) is 2. The van der Waals surface area contributed by atoms with E-state index in [0.29, 0.717) is 34.6 Å². The molecule has 1 aliphatic heterocycles. The molecule has 196 valence electrons. The summed E-state index contributed by atoms with van der Waals surface area (Å²) in [5, 5.41) is 7.27. The van der Waals surface area contributed by atoms with Crippen molar-refractivity contribution in [2.24, 2.45) is 10.9 Å². The van der Waals surface area contributed by atoms with E-state index in [1.165, 1.54) is 0 Å². The lowest BCUT2D eigenvalue weighted by atomic mass is 10.1. The van der Waals surface area contributed by atoms with E-state index in [2.05, 4.69) is 38.4 Å². The molecule has 1 fully saturated rings. The van der Waals surface area contributed by atoms with E-state index in [1.54, 1.807) is 18.2 Å². The van der Waals surface area contributed by atoms with Crippen molar-refractivity contribution in [3.05, 3.63) is 56.5 Å². The van der Waals surface area contributed by atoms with Gasteiger partial charge in [0.25, 0.3) is 0 Å². The normalized spacial score (nSPS) is 18.2. The van der Waals surface area contributed by atoms with Crippen molar-refractivity contribution in [1.29, 1.82) is 0 Å². The number of hydrogen-bond acceptors (Lipinski definition) is 4. The van der Waals surface area contributed by atoms with Crippen LogP contribution in [-0.2, 0) is 11.3 Å². The Balaban J connectivity index is 1.74. The maximum absolute atomic E-state index is 12.3. The van der Waals surface area contributed by atoms with Crippen LogP contribution in [0.1, 0.15) is 40.2 Å². The van der Waals surface area contributed by atoms with Crippen molar-refractivity contribution in [3.63, 3.8) is 0 Å². The molecule has 2 atom stereocenters. The summed E-state index contributed by atoms with van der Waals surface area (Å²) < 4.78 is 12.4. The zero-order chi connectivity index (χ0) is 26.5. The van der Waals surface area contributed by atoms with Crippen LogP contribution in [0.4, 0.5) is 4.79 Å². The van der Waals surface area contributed by atoms with Gasteiger partial charge in [0, 0.05) is 35.7 Å². The van der Waals surface area contributed by atoms with Crippen LogP contribution in [0.25, 0.3) is 0 Å². The van der Waals surface area contributed by atoms with Gasteiger partial charge in [-0.1, -0.05) is 52.1 Å². The first-order chi connectivity index (χ1) is 16.9. The average Bonchev–Trinajstić information content (AvgIpc) is 3.13.